The number of carbonyl (C=O) groups excluding carboxylic acids is 1. The van der Waals surface area contributed by atoms with Gasteiger partial charge in [0, 0.05) is 5.75 Å². The van der Waals surface area contributed by atoms with Gasteiger partial charge in [0.05, 0.1) is 29.1 Å². The fraction of sp³-hybridized carbons (Fsp3) is 0.278. The van der Waals surface area contributed by atoms with Crippen LogP contribution < -0.4 is 14.8 Å². The molecule has 1 N–H and O–H groups in total. The smallest absolute Gasteiger partial charge is 0.416 e. The molecule has 0 aromatic heterocycles. The molecule has 0 aliphatic heterocycles. The van der Waals surface area contributed by atoms with E-state index in [2.05, 4.69) is 10.1 Å². The second kappa shape index (κ2) is 10.0. The Morgan fingerprint density at radius 2 is 1.90 bits per heavy atom. The van der Waals surface area contributed by atoms with Gasteiger partial charge in [0.1, 0.15) is 0 Å². The Kier molecular flexibility index (Phi) is 7.97. The van der Waals surface area contributed by atoms with Crippen molar-refractivity contribution in [1.29, 1.82) is 0 Å². The van der Waals surface area contributed by atoms with Gasteiger partial charge in [-0.2, -0.15) is 22.0 Å². The first-order valence-electron chi connectivity index (χ1n) is 7.96. The van der Waals surface area contributed by atoms with Crippen LogP contribution in [0.5, 0.6) is 11.5 Å². The molecule has 2 aromatic carbocycles. The number of benzene rings is 2. The first kappa shape index (κ1) is 23.1. The maximum absolute atomic E-state index is 12.8. The third kappa shape index (κ3) is 6.97. The van der Waals surface area contributed by atoms with E-state index in [9.17, 15) is 26.7 Å². The highest BCUT2D eigenvalue weighted by molar-refractivity contribution is 7.99. The third-order valence-electron chi connectivity index (χ3n) is 3.51. The van der Waals surface area contributed by atoms with Crippen LogP contribution in [0.15, 0.2) is 36.4 Å². The van der Waals surface area contributed by atoms with Crippen LogP contribution in [0.3, 0.4) is 0 Å². The van der Waals surface area contributed by atoms with E-state index >= 15 is 0 Å². The lowest BCUT2D eigenvalue weighted by Crippen LogP contribution is -2.15. The van der Waals surface area contributed by atoms with E-state index in [-0.39, 0.29) is 28.0 Å². The van der Waals surface area contributed by atoms with Gasteiger partial charge in [0.15, 0.2) is 11.5 Å². The van der Waals surface area contributed by atoms with Crippen LogP contribution in [0.25, 0.3) is 0 Å². The standard InChI is InChI=1S/C18H15ClF5NO3S/c1-27-15-6-10(2-5-14(15)28-17(20)21)8-29-9-16(26)25-13-7-11(18(22,23)24)3-4-12(13)19/h2-7,17H,8-9H2,1H3,(H,25,26). The second-order valence-electron chi connectivity index (χ2n) is 5.60. The summed E-state index contributed by atoms with van der Waals surface area (Å²) in [6.45, 7) is -2.99. The molecule has 2 rings (SSSR count). The molecule has 1 amide bonds. The number of nitrogens with one attached hydrogen (secondary N) is 1. The van der Waals surface area contributed by atoms with Crippen LogP contribution >= 0.6 is 23.4 Å². The molecule has 0 atom stereocenters. The Bertz CT molecular complexity index is 864. The molecule has 0 fully saturated rings. The Morgan fingerprint density at radius 1 is 1.17 bits per heavy atom. The molecule has 0 bridgehead atoms. The van der Waals surface area contributed by atoms with Crippen LogP contribution in [0, 0.1) is 0 Å². The molecule has 0 saturated heterocycles. The van der Waals surface area contributed by atoms with Gasteiger partial charge in [-0.1, -0.05) is 17.7 Å². The molecule has 0 heterocycles. The fourth-order valence-electron chi connectivity index (χ4n) is 2.24. The van der Waals surface area contributed by atoms with Crippen molar-refractivity contribution in [2.24, 2.45) is 0 Å². The molecule has 0 spiro atoms. The zero-order chi connectivity index (χ0) is 21.6. The van der Waals surface area contributed by atoms with E-state index in [0.717, 1.165) is 18.2 Å². The topological polar surface area (TPSA) is 47.6 Å². The zero-order valence-electron chi connectivity index (χ0n) is 14.9. The first-order valence-corrected chi connectivity index (χ1v) is 9.49. The van der Waals surface area contributed by atoms with Crippen molar-refractivity contribution in [1.82, 2.24) is 0 Å². The van der Waals surface area contributed by atoms with Crippen molar-refractivity contribution in [3.63, 3.8) is 0 Å². The molecule has 29 heavy (non-hydrogen) atoms. The zero-order valence-corrected chi connectivity index (χ0v) is 16.4. The summed E-state index contributed by atoms with van der Waals surface area (Å²) in [4.78, 5) is 12.0. The second-order valence-corrected chi connectivity index (χ2v) is 6.99. The van der Waals surface area contributed by atoms with E-state index in [1.54, 1.807) is 0 Å². The summed E-state index contributed by atoms with van der Waals surface area (Å²) in [6.07, 6.45) is -4.56. The van der Waals surface area contributed by atoms with Crippen molar-refractivity contribution in [2.75, 3.05) is 18.2 Å². The number of anilines is 1. The van der Waals surface area contributed by atoms with E-state index in [1.165, 1.54) is 37.1 Å². The minimum absolute atomic E-state index is 0.0179. The number of amides is 1. The average molecular weight is 456 g/mol. The monoisotopic (exact) mass is 455 g/mol. The summed E-state index contributed by atoms with van der Waals surface area (Å²) in [5.41, 5.74) is -0.385. The van der Waals surface area contributed by atoms with Crippen LogP contribution in [-0.4, -0.2) is 25.4 Å². The Hall–Kier alpha value is -2.20. The Balaban J connectivity index is 1.94. The normalized spacial score (nSPS) is 11.4. The maximum atomic E-state index is 12.8. The molecule has 4 nitrogen and oxygen atoms in total. The number of hydrogen-bond acceptors (Lipinski definition) is 4. The first-order chi connectivity index (χ1) is 13.6. The van der Waals surface area contributed by atoms with Crippen molar-refractivity contribution in [2.45, 2.75) is 18.5 Å². The summed E-state index contributed by atoms with van der Waals surface area (Å²) < 4.78 is 72.3. The maximum Gasteiger partial charge on any atom is 0.416 e. The van der Waals surface area contributed by atoms with Crippen molar-refractivity contribution in [3.8, 4) is 11.5 Å². The van der Waals surface area contributed by atoms with Crippen molar-refractivity contribution >= 4 is 35.0 Å². The SMILES string of the molecule is COc1cc(CSCC(=O)Nc2cc(C(F)(F)F)ccc2Cl)ccc1OC(F)F. The number of methoxy groups -OCH3 is 1. The highest BCUT2D eigenvalue weighted by Gasteiger charge is 2.31. The number of alkyl halides is 5. The molecule has 0 radical (unpaired) electrons. The quantitative estimate of drug-likeness (QED) is 0.508. The van der Waals surface area contributed by atoms with Crippen LogP contribution in [0.1, 0.15) is 11.1 Å². The number of hydrogen-bond donors (Lipinski definition) is 1. The summed E-state index contributed by atoms with van der Waals surface area (Å²) in [7, 11) is 1.30. The van der Waals surface area contributed by atoms with Gasteiger partial charge < -0.3 is 14.8 Å². The van der Waals surface area contributed by atoms with Crippen molar-refractivity contribution < 1.29 is 36.2 Å². The summed E-state index contributed by atoms with van der Waals surface area (Å²) in [5, 5.41) is 2.32. The van der Waals surface area contributed by atoms with Crippen molar-refractivity contribution in [3.05, 3.63) is 52.5 Å². The van der Waals surface area contributed by atoms with Gasteiger partial charge >= 0.3 is 12.8 Å². The van der Waals surface area contributed by atoms with E-state index < -0.39 is 24.3 Å². The molecule has 158 valence electrons. The largest absolute Gasteiger partial charge is 0.493 e. The van der Waals surface area contributed by atoms with Gasteiger partial charge in [0.2, 0.25) is 5.91 Å². The fourth-order valence-corrected chi connectivity index (χ4v) is 3.18. The number of halogens is 6. The molecule has 0 unspecified atom stereocenters. The number of ether oxygens (including phenoxy) is 2. The highest BCUT2D eigenvalue weighted by Crippen LogP contribution is 2.34. The van der Waals surface area contributed by atoms with Crippen LogP contribution in [0.4, 0.5) is 27.6 Å². The molecule has 11 heteroatoms. The predicted octanol–water partition coefficient (Wildman–Crippen LogP) is 5.84. The minimum Gasteiger partial charge on any atom is -0.493 e. The molecule has 0 saturated carbocycles. The number of thioether (sulfide) groups is 1. The van der Waals surface area contributed by atoms with Gasteiger partial charge in [-0.25, -0.2) is 0 Å². The summed E-state index contributed by atoms with van der Waals surface area (Å²) in [6, 6.07) is 6.99. The predicted molar refractivity (Wildman–Crippen MR) is 101 cm³/mol. The lowest BCUT2D eigenvalue weighted by Gasteiger charge is -2.12. The molecule has 2 aromatic rings. The number of rotatable bonds is 8. The third-order valence-corrected chi connectivity index (χ3v) is 4.85. The molecular formula is C18H15ClF5NO3S. The molecular weight excluding hydrogens is 441 g/mol. The van der Waals surface area contributed by atoms with E-state index in [4.69, 9.17) is 16.3 Å². The Labute approximate surface area is 172 Å². The molecule has 0 aliphatic rings. The molecule has 0 aliphatic carbocycles. The lowest BCUT2D eigenvalue weighted by atomic mass is 10.2. The van der Waals surface area contributed by atoms with E-state index in [1.807, 2.05) is 0 Å². The highest BCUT2D eigenvalue weighted by atomic mass is 35.5. The van der Waals surface area contributed by atoms with Gasteiger partial charge in [-0.05, 0) is 35.9 Å². The summed E-state index contributed by atoms with van der Waals surface area (Å²) >= 11 is 7.00. The number of carbonyl (C=O) groups is 1. The average Bonchev–Trinajstić information content (AvgIpc) is 2.63. The van der Waals surface area contributed by atoms with Crippen LogP contribution in [-0.2, 0) is 16.7 Å². The van der Waals surface area contributed by atoms with Gasteiger partial charge in [-0.15, -0.1) is 11.8 Å². The Morgan fingerprint density at radius 3 is 2.52 bits per heavy atom. The van der Waals surface area contributed by atoms with Crippen LogP contribution in [0.2, 0.25) is 5.02 Å². The minimum atomic E-state index is -4.56. The summed E-state index contributed by atoms with van der Waals surface area (Å²) in [5.74, 6) is -0.281. The van der Waals surface area contributed by atoms with Gasteiger partial charge in [-0.3, -0.25) is 4.79 Å². The lowest BCUT2D eigenvalue weighted by molar-refractivity contribution is -0.137. The van der Waals surface area contributed by atoms with E-state index in [0.29, 0.717) is 11.3 Å². The van der Waals surface area contributed by atoms with Gasteiger partial charge in [0.25, 0.3) is 0 Å².